The van der Waals surface area contributed by atoms with Gasteiger partial charge >= 0.3 is 0 Å². The third kappa shape index (κ3) is 19.7. The second kappa shape index (κ2) is 37.5. The van der Waals surface area contributed by atoms with E-state index in [1.54, 1.807) is 11.1 Å². The molecule has 0 saturated heterocycles. The summed E-state index contributed by atoms with van der Waals surface area (Å²) in [5, 5.41) is 2.32. The summed E-state index contributed by atoms with van der Waals surface area (Å²) >= 11 is 0. The van der Waals surface area contributed by atoms with Gasteiger partial charge in [0.05, 0.1) is 36.5 Å². The summed E-state index contributed by atoms with van der Waals surface area (Å²) < 4.78 is 26.9. The molecule has 0 radical (unpaired) electrons. The first-order chi connectivity index (χ1) is 49.4. The molecule has 0 heterocycles. The number of allylic oxidation sites excluding steroid dienone is 2. The lowest BCUT2D eigenvalue weighted by Gasteiger charge is -2.58. The Morgan fingerprint density at radius 3 is 1.31 bits per heavy atom. The molecule has 3 aromatic rings. The average Bonchev–Trinajstić information content (AvgIpc) is 1.40. The zero-order chi connectivity index (χ0) is 71.7. The third-order valence-corrected chi connectivity index (χ3v) is 29.4. The van der Waals surface area contributed by atoms with E-state index < -0.39 is 0 Å². The lowest BCUT2D eigenvalue weighted by atomic mass is 9.47. The summed E-state index contributed by atoms with van der Waals surface area (Å²) in [6.45, 7) is 33.8. The number of fused-ring (bicyclic) bond motifs is 10. The number of aryl methyl sites for hydroxylation is 1. The van der Waals surface area contributed by atoms with Gasteiger partial charge in [-0.25, -0.2) is 0 Å². The van der Waals surface area contributed by atoms with Crippen LogP contribution in [0.25, 0.3) is 0 Å². The van der Waals surface area contributed by atoms with Gasteiger partial charge in [0.15, 0.2) is 0 Å². The highest BCUT2D eigenvalue weighted by Crippen LogP contribution is 2.69. The Morgan fingerprint density at radius 2 is 0.882 bits per heavy atom. The van der Waals surface area contributed by atoms with Gasteiger partial charge in [-0.3, -0.25) is 0 Å². The summed E-state index contributed by atoms with van der Waals surface area (Å²) in [5.41, 5.74) is 15.6. The van der Waals surface area contributed by atoms with Gasteiger partial charge in [0.1, 0.15) is 31.1 Å². The minimum Gasteiger partial charge on any atom is -0.492 e. The minimum absolute atomic E-state index is 0.385. The summed E-state index contributed by atoms with van der Waals surface area (Å²) in [4.78, 5) is 0. The summed E-state index contributed by atoms with van der Waals surface area (Å²) in [6, 6.07) is 21.4. The molecule has 6 heteroatoms. The summed E-state index contributed by atoms with van der Waals surface area (Å²) in [5.74, 6) is 26.3. The van der Waals surface area contributed by atoms with E-state index in [2.05, 4.69) is 184 Å². The summed E-state index contributed by atoms with van der Waals surface area (Å²) in [7, 11) is 0. The van der Waals surface area contributed by atoms with E-state index in [9.17, 15) is 0 Å². The fourth-order valence-corrected chi connectivity index (χ4v) is 23.3. The Labute approximate surface area is 624 Å². The lowest BCUT2D eigenvalue weighted by Crippen LogP contribution is -2.86. The van der Waals surface area contributed by atoms with Crippen LogP contribution in [0, 0.1) is 123 Å². The highest BCUT2D eigenvalue weighted by molar-refractivity contribution is 5.60. The minimum atomic E-state index is 0.385. The van der Waals surface area contributed by atoms with Crippen molar-refractivity contribution in [1.82, 2.24) is 0 Å². The molecule has 3 aromatic carbocycles. The van der Waals surface area contributed by atoms with Crippen LogP contribution >= 0.6 is 0 Å². The second-order valence-electron chi connectivity index (χ2n) is 37.0. The van der Waals surface area contributed by atoms with Gasteiger partial charge in [0.2, 0.25) is 0 Å². The highest BCUT2D eigenvalue weighted by atomic mass is 16.5. The van der Waals surface area contributed by atoms with E-state index in [1.807, 2.05) is 0 Å². The number of hydrogen-bond acceptors (Lipinski definition) is 4. The van der Waals surface area contributed by atoms with Crippen molar-refractivity contribution in [2.45, 2.75) is 313 Å². The number of ether oxygens (including phenoxy) is 4. The van der Waals surface area contributed by atoms with Gasteiger partial charge in [-0.1, -0.05) is 236 Å². The van der Waals surface area contributed by atoms with Crippen molar-refractivity contribution in [1.29, 1.82) is 0 Å². The van der Waals surface area contributed by atoms with E-state index in [-0.39, 0.29) is 0 Å². The molecule has 0 bridgehead atoms. The predicted molar refractivity (Wildman–Crippen MR) is 426 cm³/mol. The number of unbranched alkanes of at least 4 members (excludes halogenated alkanes) is 10. The lowest BCUT2D eigenvalue weighted by molar-refractivity contribution is -0.684. The van der Waals surface area contributed by atoms with Crippen molar-refractivity contribution in [3.05, 3.63) is 117 Å². The van der Waals surface area contributed by atoms with Gasteiger partial charge in [0.25, 0.3) is 0 Å². The van der Waals surface area contributed by atoms with Crippen LogP contribution in [0.3, 0.4) is 0 Å². The number of nitrogens with two attached hydrogens (primary N) is 1. The number of rotatable bonds is 36. The van der Waals surface area contributed by atoms with Crippen LogP contribution in [-0.2, 0) is 16.0 Å². The van der Waals surface area contributed by atoms with Crippen LogP contribution in [0.5, 0.6) is 11.5 Å². The summed E-state index contributed by atoms with van der Waals surface area (Å²) in [6.07, 6.45) is 50.5. The zero-order valence-electron chi connectivity index (χ0n) is 66.9. The van der Waals surface area contributed by atoms with E-state index in [0.717, 1.165) is 176 Å². The van der Waals surface area contributed by atoms with Crippen LogP contribution in [0.15, 0.2) is 84.0 Å². The molecule has 0 amide bonds. The van der Waals surface area contributed by atoms with Crippen molar-refractivity contribution in [3.63, 3.8) is 0 Å². The molecule has 6 nitrogen and oxygen atoms in total. The fourth-order valence-electron chi connectivity index (χ4n) is 23.3. The third-order valence-electron chi connectivity index (χ3n) is 29.4. The smallest absolute Gasteiger partial charge is 0.136 e. The molecule has 10 unspecified atom stereocenters. The molecule has 0 spiro atoms. The molecule has 8 aliphatic rings. The maximum Gasteiger partial charge on any atom is 0.136 e. The van der Waals surface area contributed by atoms with Gasteiger partial charge in [0, 0.05) is 42.0 Å². The monoisotopic (exact) mass is 1390 g/mol. The topological polar surface area (TPSA) is 81.2 Å². The SMILES string of the molecule is Cc1ccc(C#Cc2cc(OCCCCCCCCO[C@H]3CC[C@@]4(C)C(=CCC5C6CCC(C(C)CCCC(C)C)[C@@]6(C)CCC54)C3)c(C#Cc3ccc(C[NH2+]CC[NH3+])cc3)cc2OCCCCCCCCO[C@H]2CC[C@@]3(C)C(=CCC4C5CCC(C(C)CCCC(C)C)[C@@]5(C)CCC43)C2)cc1. The Balaban J connectivity index is 0.618. The van der Waals surface area contributed by atoms with Crippen LogP contribution < -0.4 is 20.5 Å². The Kier molecular flexibility index (Phi) is 28.9. The first-order valence-corrected chi connectivity index (χ1v) is 43.2. The van der Waals surface area contributed by atoms with Crippen molar-refractivity contribution >= 4 is 0 Å². The van der Waals surface area contributed by atoms with Gasteiger partial charge in [-0.2, -0.15) is 0 Å². The molecular formula is C96H146N2O4+2. The molecule has 16 atom stereocenters. The molecule has 8 aliphatic carbocycles. The van der Waals surface area contributed by atoms with Crippen LogP contribution in [0.1, 0.15) is 321 Å². The van der Waals surface area contributed by atoms with Crippen molar-refractivity contribution in [2.24, 2.45) is 92.7 Å². The molecule has 102 heavy (non-hydrogen) atoms. The first kappa shape index (κ1) is 78.8. The quantitative estimate of drug-likeness (QED) is 0.0345. The molecule has 6 fully saturated rings. The van der Waals surface area contributed by atoms with Crippen LogP contribution in [0.4, 0.5) is 0 Å². The van der Waals surface area contributed by atoms with Crippen molar-refractivity contribution < 1.29 is 30.0 Å². The van der Waals surface area contributed by atoms with Crippen molar-refractivity contribution in [3.8, 4) is 35.2 Å². The zero-order valence-corrected chi connectivity index (χ0v) is 66.9. The molecule has 5 N–H and O–H groups in total. The molecule has 562 valence electrons. The average molecular weight is 1390 g/mol. The number of benzene rings is 3. The standard InChI is InChI=1S/C96H144N2O4/c1-69(2)26-24-28-72(6)85-46-48-87-83-44-42-79-66-81(50-54-93(79,8)89(83)52-56-95(85,87)10)99-60-20-16-12-14-18-22-62-101-91-65-78(41-39-75-34-36-76(37-35-75)68-98-59-58-97)92(64-77(91)40-38-74-32-30-71(5)31-33-74)102-63-23-19-15-13-17-21-61-100-82-51-55-94(9)80(67-82)43-45-84-88-49-47-86(73(7)29-25-27-70(3)4)96(88,11)57-53-90(84)94/h30-37,42-43,64-65,69-70,72-73,81-90,98H,12-29,44-63,66-68,97H2,1-11H3/p+2/t72?,73?,81-,82-,83?,84?,85?,86?,87?,88?,89?,90?,93-,94-,95+,96+/m0/s1. The fraction of sp³-hybridized carbons (Fsp3) is 0.729. The second-order valence-corrected chi connectivity index (χ2v) is 37.0. The molecule has 0 aliphatic heterocycles. The van der Waals surface area contributed by atoms with Gasteiger partial charge in [-0.15, -0.1) is 0 Å². The Hall–Kier alpha value is -4.30. The predicted octanol–water partition coefficient (Wildman–Crippen LogP) is 22.4. The molecule has 0 aromatic heterocycles. The van der Waals surface area contributed by atoms with Crippen molar-refractivity contribution in [2.75, 3.05) is 39.5 Å². The highest BCUT2D eigenvalue weighted by Gasteiger charge is 2.61. The van der Waals surface area contributed by atoms with Gasteiger partial charge in [-0.05, 0) is 252 Å². The maximum atomic E-state index is 6.74. The largest absolute Gasteiger partial charge is 0.492 e. The normalized spacial score (nSPS) is 30.6. The molecule has 11 rings (SSSR count). The van der Waals surface area contributed by atoms with E-state index >= 15 is 0 Å². The van der Waals surface area contributed by atoms with Crippen LogP contribution in [0.2, 0.25) is 0 Å². The Bertz CT molecular complexity index is 3280. The van der Waals surface area contributed by atoms with Gasteiger partial charge < -0.3 is 30.0 Å². The first-order valence-electron chi connectivity index (χ1n) is 43.2. The Morgan fingerprint density at radius 1 is 0.461 bits per heavy atom. The maximum absolute atomic E-state index is 6.74. The van der Waals surface area contributed by atoms with E-state index in [1.165, 1.54) is 191 Å². The van der Waals surface area contributed by atoms with Crippen LogP contribution in [-0.4, -0.2) is 51.7 Å². The number of quaternary nitrogens is 2. The van der Waals surface area contributed by atoms with E-state index in [4.69, 9.17) is 18.9 Å². The number of hydrogen-bond donors (Lipinski definition) is 2. The van der Waals surface area contributed by atoms with E-state index in [0.29, 0.717) is 47.1 Å². The molecular weight excluding hydrogens is 1250 g/mol. The molecule has 6 saturated carbocycles.